The maximum Gasteiger partial charge on any atom is 0.180 e. The Morgan fingerprint density at radius 2 is 2.14 bits per heavy atom. The maximum absolute atomic E-state index is 11.6. The van der Waals surface area contributed by atoms with Crippen molar-refractivity contribution in [3.05, 3.63) is 40.5 Å². The number of benzene rings is 1. The highest BCUT2D eigenvalue weighted by Gasteiger charge is 2.26. The van der Waals surface area contributed by atoms with Crippen molar-refractivity contribution in [1.29, 1.82) is 0 Å². The Balaban J connectivity index is 2.12. The predicted octanol–water partition coefficient (Wildman–Crippen LogP) is 3.89. The van der Waals surface area contributed by atoms with Crippen LogP contribution in [-0.4, -0.2) is 22.1 Å². The molecule has 2 aromatic rings. The first-order valence-electron chi connectivity index (χ1n) is 7.10. The van der Waals surface area contributed by atoms with Gasteiger partial charge in [0.1, 0.15) is 11.5 Å². The predicted molar refractivity (Wildman–Crippen MR) is 84.6 cm³/mol. The lowest BCUT2D eigenvalue weighted by atomic mass is 10.1. The van der Waals surface area contributed by atoms with Gasteiger partial charge < -0.3 is 4.90 Å². The van der Waals surface area contributed by atoms with E-state index in [9.17, 15) is 4.79 Å². The van der Waals surface area contributed by atoms with Crippen molar-refractivity contribution in [3.63, 3.8) is 0 Å². The van der Waals surface area contributed by atoms with Crippen LogP contribution in [0.4, 0.5) is 11.5 Å². The van der Waals surface area contributed by atoms with E-state index >= 15 is 0 Å². The van der Waals surface area contributed by atoms with Gasteiger partial charge in [-0.3, -0.25) is 4.79 Å². The van der Waals surface area contributed by atoms with Gasteiger partial charge >= 0.3 is 0 Å². The molecule has 0 saturated heterocycles. The Morgan fingerprint density at radius 3 is 2.81 bits per heavy atom. The minimum atomic E-state index is -0.0107. The second-order valence-electron chi connectivity index (χ2n) is 5.88. The lowest BCUT2D eigenvalue weighted by Crippen LogP contribution is -2.29. The second-order valence-corrected chi connectivity index (χ2v) is 6.32. The number of halogens is 1. The molecular weight excluding hydrogens is 286 g/mol. The van der Waals surface area contributed by atoms with Gasteiger partial charge in [0.15, 0.2) is 5.78 Å². The summed E-state index contributed by atoms with van der Waals surface area (Å²) in [6, 6.07) is 7.81. The molecule has 0 aliphatic carbocycles. The van der Waals surface area contributed by atoms with E-state index in [1.54, 1.807) is 6.92 Å². The first-order valence-corrected chi connectivity index (χ1v) is 7.48. The lowest BCUT2D eigenvalue weighted by molar-refractivity contribution is 0.101. The third-order valence-corrected chi connectivity index (χ3v) is 3.83. The molecule has 1 aromatic carbocycles. The quantitative estimate of drug-likeness (QED) is 0.807. The molecule has 0 fully saturated rings. The number of aromatic nitrogens is 2. The summed E-state index contributed by atoms with van der Waals surface area (Å²) < 4.78 is 1.89. The van der Waals surface area contributed by atoms with E-state index in [2.05, 4.69) is 23.8 Å². The van der Waals surface area contributed by atoms with Gasteiger partial charge in [0.05, 0.1) is 6.54 Å². The van der Waals surface area contributed by atoms with Crippen LogP contribution in [0.15, 0.2) is 24.3 Å². The molecule has 4 nitrogen and oxygen atoms in total. The number of hydrogen-bond donors (Lipinski definition) is 0. The van der Waals surface area contributed by atoms with Gasteiger partial charge in [-0.15, -0.1) is 0 Å². The van der Waals surface area contributed by atoms with E-state index < -0.39 is 0 Å². The molecule has 5 heteroatoms. The van der Waals surface area contributed by atoms with Crippen LogP contribution in [-0.2, 0) is 6.54 Å². The number of fused-ring (bicyclic) bond motifs is 2. The van der Waals surface area contributed by atoms with Crippen LogP contribution in [0.1, 0.15) is 36.8 Å². The number of hydrogen-bond acceptors (Lipinski definition) is 3. The van der Waals surface area contributed by atoms with Crippen LogP contribution < -0.4 is 4.90 Å². The van der Waals surface area contributed by atoms with Crippen molar-refractivity contribution in [1.82, 2.24) is 9.78 Å². The van der Waals surface area contributed by atoms with Crippen LogP contribution in [0, 0.1) is 5.92 Å². The third-order valence-electron chi connectivity index (χ3n) is 3.60. The molecule has 0 radical (unpaired) electrons. The molecule has 0 bridgehead atoms. The van der Waals surface area contributed by atoms with Crippen LogP contribution in [0.5, 0.6) is 0 Å². The normalized spacial score (nSPS) is 13.3. The second kappa shape index (κ2) is 5.19. The minimum absolute atomic E-state index is 0.0107. The number of nitrogens with zero attached hydrogens (tertiary/aromatic N) is 3. The molecule has 3 rings (SSSR count). The maximum atomic E-state index is 11.6. The SMILES string of the molecule is CC(=O)c1cc2n(n1)Cc1cc(Cl)ccc1N2CC(C)C. The largest absolute Gasteiger partial charge is 0.326 e. The van der Waals surface area contributed by atoms with Gasteiger partial charge in [-0.2, -0.15) is 5.10 Å². The van der Waals surface area contributed by atoms with Crippen molar-refractivity contribution in [3.8, 4) is 0 Å². The van der Waals surface area contributed by atoms with Crippen molar-refractivity contribution >= 4 is 28.9 Å². The molecule has 1 aromatic heterocycles. The molecule has 0 N–H and O–H groups in total. The van der Waals surface area contributed by atoms with E-state index in [0.717, 1.165) is 28.6 Å². The van der Waals surface area contributed by atoms with E-state index in [1.807, 2.05) is 28.9 Å². The molecule has 2 heterocycles. The lowest BCUT2D eigenvalue weighted by Gasteiger charge is -2.33. The number of carbonyl (C=O) groups is 1. The van der Waals surface area contributed by atoms with Crippen molar-refractivity contribution in [2.75, 3.05) is 11.4 Å². The van der Waals surface area contributed by atoms with Gasteiger partial charge in [-0.25, -0.2) is 4.68 Å². The summed E-state index contributed by atoms with van der Waals surface area (Å²) in [6.45, 7) is 7.42. The zero-order valence-corrected chi connectivity index (χ0v) is 13.2. The average Bonchev–Trinajstić information content (AvgIpc) is 2.81. The summed E-state index contributed by atoms with van der Waals surface area (Å²) in [4.78, 5) is 13.8. The van der Waals surface area contributed by atoms with Crippen LogP contribution >= 0.6 is 11.6 Å². The summed E-state index contributed by atoms with van der Waals surface area (Å²) >= 11 is 6.11. The molecule has 0 spiro atoms. The topological polar surface area (TPSA) is 38.1 Å². The fraction of sp³-hybridized carbons (Fsp3) is 0.375. The van der Waals surface area contributed by atoms with Gasteiger partial charge in [-0.1, -0.05) is 25.4 Å². The number of ketones is 1. The van der Waals surface area contributed by atoms with Gasteiger partial charge in [-0.05, 0) is 29.7 Å². The van der Waals surface area contributed by atoms with Crippen molar-refractivity contribution in [2.45, 2.75) is 27.3 Å². The Hall–Kier alpha value is -1.81. The Bertz CT molecular complexity index is 706. The van der Waals surface area contributed by atoms with Gasteiger partial charge in [0.25, 0.3) is 0 Å². The first kappa shape index (κ1) is 14.1. The summed E-state index contributed by atoms with van der Waals surface area (Å²) in [6.07, 6.45) is 0. The Kier molecular flexibility index (Phi) is 3.49. The molecule has 0 saturated carbocycles. The van der Waals surface area contributed by atoms with Crippen LogP contribution in [0.2, 0.25) is 5.02 Å². The summed E-state index contributed by atoms with van der Waals surface area (Å²) in [5, 5.41) is 5.14. The number of rotatable bonds is 3. The van der Waals surface area contributed by atoms with E-state index in [4.69, 9.17) is 11.6 Å². The molecule has 110 valence electrons. The van der Waals surface area contributed by atoms with Gasteiger partial charge in [0, 0.05) is 30.2 Å². The van der Waals surface area contributed by atoms with E-state index in [1.165, 1.54) is 0 Å². The fourth-order valence-electron chi connectivity index (χ4n) is 2.70. The number of Topliss-reactive ketones (excluding diaryl/α,β-unsaturated/α-hetero) is 1. The van der Waals surface area contributed by atoms with Crippen molar-refractivity contribution in [2.24, 2.45) is 5.92 Å². The highest BCUT2D eigenvalue weighted by atomic mass is 35.5. The van der Waals surface area contributed by atoms with Crippen LogP contribution in [0.25, 0.3) is 0 Å². The zero-order chi connectivity index (χ0) is 15.1. The molecule has 21 heavy (non-hydrogen) atoms. The first-order chi connectivity index (χ1) is 9.95. The molecule has 0 atom stereocenters. The van der Waals surface area contributed by atoms with Crippen LogP contribution in [0.3, 0.4) is 0 Å². The van der Waals surface area contributed by atoms with E-state index in [-0.39, 0.29) is 5.78 Å². The van der Waals surface area contributed by atoms with Crippen molar-refractivity contribution < 1.29 is 4.79 Å². The minimum Gasteiger partial charge on any atom is -0.326 e. The highest BCUT2D eigenvalue weighted by Crippen LogP contribution is 2.36. The summed E-state index contributed by atoms with van der Waals surface area (Å²) in [5.74, 6) is 1.46. The Labute approximate surface area is 129 Å². The zero-order valence-electron chi connectivity index (χ0n) is 12.4. The molecule has 1 aliphatic rings. The standard InChI is InChI=1S/C16H18ClN3O/c1-10(2)8-19-15-5-4-13(17)6-12(15)9-20-16(19)7-14(18-20)11(3)21/h4-7,10H,8-9H2,1-3H3. The monoisotopic (exact) mass is 303 g/mol. The smallest absolute Gasteiger partial charge is 0.180 e. The molecular formula is C16H18ClN3O. The van der Waals surface area contributed by atoms with Gasteiger partial charge in [0.2, 0.25) is 0 Å². The Morgan fingerprint density at radius 1 is 1.38 bits per heavy atom. The number of carbonyl (C=O) groups excluding carboxylic acids is 1. The van der Waals surface area contributed by atoms with E-state index in [0.29, 0.717) is 18.2 Å². The third kappa shape index (κ3) is 2.56. The summed E-state index contributed by atoms with van der Waals surface area (Å²) in [7, 11) is 0. The average molecular weight is 304 g/mol. The number of anilines is 2. The highest BCUT2D eigenvalue weighted by molar-refractivity contribution is 6.30. The summed E-state index contributed by atoms with van der Waals surface area (Å²) in [5.41, 5.74) is 2.79. The molecule has 1 aliphatic heterocycles. The molecule has 0 amide bonds. The fourth-order valence-corrected chi connectivity index (χ4v) is 2.89. The molecule has 0 unspecified atom stereocenters.